The first-order valence-corrected chi connectivity index (χ1v) is 6.18. The van der Waals surface area contributed by atoms with Gasteiger partial charge < -0.3 is 14.6 Å². The van der Waals surface area contributed by atoms with Gasteiger partial charge in [0.25, 0.3) is 0 Å². The van der Waals surface area contributed by atoms with Crippen LogP contribution in [0, 0.1) is 11.2 Å². The van der Waals surface area contributed by atoms with Gasteiger partial charge >= 0.3 is 11.9 Å². The second-order valence-electron chi connectivity index (χ2n) is 5.03. The van der Waals surface area contributed by atoms with Crippen molar-refractivity contribution in [3.8, 4) is 5.75 Å². The molecule has 0 radical (unpaired) electrons. The topological polar surface area (TPSA) is 72.8 Å². The van der Waals surface area contributed by atoms with Gasteiger partial charge in [0, 0.05) is 6.08 Å². The molecule has 0 atom stereocenters. The van der Waals surface area contributed by atoms with Gasteiger partial charge in [-0.25, -0.2) is 9.18 Å². The molecule has 0 heterocycles. The summed E-state index contributed by atoms with van der Waals surface area (Å²) in [7, 11) is 1.27. The first-order chi connectivity index (χ1) is 9.76. The fourth-order valence-electron chi connectivity index (χ4n) is 1.50. The van der Waals surface area contributed by atoms with Crippen LogP contribution in [0.5, 0.6) is 5.75 Å². The number of methoxy groups -OCH3 is 1. The van der Waals surface area contributed by atoms with Crippen LogP contribution in [0.4, 0.5) is 4.39 Å². The zero-order valence-electron chi connectivity index (χ0n) is 12.1. The molecule has 1 N–H and O–H groups in total. The van der Waals surface area contributed by atoms with Gasteiger partial charge in [-0.1, -0.05) is 6.07 Å². The maximum absolute atomic E-state index is 13.8. The van der Waals surface area contributed by atoms with Crippen molar-refractivity contribution in [2.45, 2.75) is 13.8 Å². The summed E-state index contributed by atoms with van der Waals surface area (Å²) in [6, 6.07) is 4.05. The summed E-state index contributed by atoms with van der Waals surface area (Å²) in [5.41, 5.74) is -0.502. The van der Waals surface area contributed by atoms with Crippen LogP contribution < -0.4 is 4.74 Å². The molecule has 0 aliphatic carbocycles. The van der Waals surface area contributed by atoms with Crippen LogP contribution in [-0.4, -0.2) is 30.8 Å². The molecule has 0 fully saturated rings. The van der Waals surface area contributed by atoms with E-state index in [1.165, 1.54) is 25.3 Å². The highest BCUT2D eigenvalue weighted by atomic mass is 19.1. The molecule has 114 valence electrons. The Morgan fingerprint density at radius 1 is 1.38 bits per heavy atom. The standard InChI is InChI=1S/C15H17FO5/c1-15(2,14(19)20-3)9-21-12-6-4-10(8-11(12)16)5-7-13(17)18/h4-8H,9H2,1-3H3,(H,17,18)/b7-5+. The Hall–Kier alpha value is -2.37. The van der Waals surface area contributed by atoms with E-state index < -0.39 is 23.2 Å². The largest absolute Gasteiger partial charge is 0.489 e. The quantitative estimate of drug-likeness (QED) is 0.645. The predicted molar refractivity (Wildman–Crippen MR) is 74.4 cm³/mol. The van der Waals surface area contributed by atoms with E-state index in [-0.39, 0.29) is 12.4 Å². The molecule has 0 amide bonds. The monoisotopic (exact) mass is 296 g/mol. The van der Waals surface area contributed by atoms with Crippen molar-refractivity contribution >= 4 is 18.0 Å². The summed E-state index contributed by atoms with van der Waals surface area (Å²) < 4.78 is 23.7. The van der Waals surface area contributed by atoms with Crippen molar-refractivity contribution < 1.29 is 28.6 Å². The fourth-order valence-corrected chi connectivity index (χ4v) is 1.50. The number of benzene rings is 1. The second kappa shape index (κ2) is 6.88. The number of hydrogen-bond donors (Lipinski definition) is 1. The highest BCUT2D eigenvalue weighted by molar-refractivity contribution is 5.85. The zero-order chi connectivity index (χ0) is 16.0. The van der Waals surface area contributed by atoms with E-state index in [9.17, 15) is 14.0 Å². The molecule has 0 aliphatic rings. The lowest BCUT2D eigenvalue weighted by Crippen LogP contribution is -2.32. The van der Waals surface area contributed by atoms with Crippen LogP contribution in [0.15, 0.2) is 24.3 Å². The average Bonchev–Trinajstić information content (AvgIpc) is 2.43. The number of carbonyl (C=O) groups is 2. The van der Waals surface area contributed by atoms with Gasteiger partial charge in [0.15, 0.2) is 11.6 Å². The van der Waals surface area contributed by atoms with Gasteiger partial charge in [-0.3, -0.25) is 4.79 Å². The minimum absolute atomic E-state index is 0.0144. The van der Waals surface area contributed by atoms with Crippen LogP contribution >= 0.6 is 0 Å². The number of rotatable bonds is 6. The van der Waals surface area contributed by atoms with E-state index in [0.717, 1.165) is 12.1 Å². The van der Waals surface area contributed by atoms with Crippen LogP contribution in [-0.2, 0) is 14.3 Å². The molecule has 0 saturated carbocycles. The zero-order valence-corrected chi connectivity index (χ0v) is 12.1. The number of esters is 1. The maximum Gasteiger partial charge on any atom is 0.328 e. The molecule has 0 bridgehead atoms. The molecule has 1 aromatic carbocycles. The third-order valence-corrected chi connectivity index (χ3v) is 2.70. The van der Waals surface area contributed by atoms with Gasteiger partial charge in [0.1, 0.15) is 6.61 Å². The SMILES string of the molecule is COC(=O)C(C)(C)COc1ccc(/C=C/C(=O)O)cc1F. The maximum atomic E-state index is 13.8. The Kier molecular flexibility index (Phi) is 5.46. The molecule has 21 heavy (non-hydrogen) atoms. The summed E-state index contributed by atoms with van der Waals surface area (Å²) in [5, 5.41) is 8.50. The molecule has 5 nitrogen and oxygen atoms in total. The number of hydrogen-bond acceptors (Lipinski definition) is 4. The summed E-state index contributed by atoms with van der Waals surface area (Å²) in [4.78, 5) is 21.9. The van der Waals surface area contributed by atoms with E-state index in [1.54, 1.807) is 13.8 Å². The summed E-state index contributed by atoms with van der Waals surface area (Å²) in [6.45, 7) is 3.21. The highest BCUT2D eigenvalue weighted by Crippen LogP contribution is 2.23. The van der Waals surface area contributed by atoms with E-state index >= 15 is 0 Å². The number of halogens is 1. The Bertz CT molecular complexity index is 563. The van der Waals surface area contributed by atoms with Gasteiger partial charge in [-0.2, -0.15) is 0 Å². The lowest BCUT2D eigenvalue weighted by atomic mass is 9.95. The lowest BCUT2D eigenvalue weighted by Gasteiger charge is -2.21. The third-order valence-electron chi connectivity index (χ3n) is 2.70. The second-order valence-corrected chi connectivity index (χ2v) is 5.03. The third kappa shape index (κ3) is 4.91. The summed E-state index contributed by atoms with van der Waals surface area (Å²) in [6.07, 6.45) is 2.18. The first-order valence-electron chi connectivity index (χ1n) is 6.18. The van der Waals surface area contributed by atoms with E-state index in [2.05, 4.69) is 4.74 Å². The molecule has 0 aliphatic heterocycles. The lowest BCUT2D eigenvalue weighted by molar-refractivity contribution is -0.152. The van der Waals surface area contributed by atoms with Crippen LogP contribution in [0.3, 0.4) is 0 Å². The van der Waals surface area contributed by atoms with Gasteiger partial charge in [0.2, 0.25) is 0 Å². The Morgan fingerprint density at radius 2 is 2.05 bits per heavy atom. The van der Waals surface area contributed by atoms with E-state index in [1.807, 2.05) is 0 Å². The van der Waals surface area contributed by atoms with Gasteiger partial charge in [-0.05, 0) is 37.6 Å². The average molecular weight is 296 g/mol. The number of ether oxygens (including phenoxy) is 2. The smallest absolute Gasteiger partial charge is 0.328 e. The van der Waals surface area contributed by atoms with Crippen molar-refractivity contribution in [3.05, 3.63) is 35.7 Å². The van der Waals surface area contributed by atoms with E-state index in [0.29, 0.717) is 5.56 Å². The van der Waals surface area contributed by atoms with Crippen molar-refractivity contribution in [2.75, 3.05) is 13.7 Å². The van der Waals surface area contributed by atoms with Gasteiger partial charge in [0.05, 0.1) is 12.5 Å². The van der Waals surface area contributed by atoms with Crippen molar-refractivity contribution in [1.29, 1.82) is 0 Å². The minimum Gasteiger partial charge on any atom is -0.489 e. The van der Waals surface area contributed by atoms with Crippen LogP contribution in [0.25, 0.3) is 6.08 Å². The predicted octanol–water partition coefficient (Wildman–Crippen LogP) is 2.50. The molecule has 6 heteroatoms. The number of carbonyl (C=O) groups excluding carboxylic acids is 1. The molecule has 0 aromatic heterocycles. The Morgan fingerprint density at radius 3 is 2.57 bits per heavy atom. The van der Waals surface area contributed by atoms with E-state index in [4.69, 9.17) is 9.84 Å². The summed E-state index contributed by atoms with van der Waals surface area (Å²) >= 11 is 0. The highest BCUT2D eigenvalue weighted by Gasteiger charge is 2.30. The molecule has 0 unspecified atom stereocenters. The molecule has 1 rings (SSSR count). The first kappa shape index (κ1) is 16.7. The number of carboxylic acid groups (broad SMARTS) is 1. The minimum atomic E-state index is -1.12. The number of aliphatic carboxylic acids is 1. The fraction of sp³-hybridized carbons (Fsp3) is 0.333. The van der Waals surface area contributed by atoms with Crippen LogP contribution in [0.2, 0.25) is 0 Å². The van der Waals surface area contributed by atoms with Gasteiger partial charge in [-0.15, -0.1) is 0 Å². The molecule has 0 spiro atoms. The Balaban J connectivity index is 2.78. The molecule has 1 aromatic rings. The van der Waals surface area contributed by atoms with Crippen LogP contribution in [0.1, 0.15) is 19.4 Å². The van der Waals surface area contributed by atoms with Crippen molar-refractivity contribution in [3.63, 3.8) is 0 Å². The molecular formula is C15H17FO5. The molecular weight excluding hydrogens is 279 g/mol. The molecule has 0 saturated heterocycles. The van der Waals surface area contributed by atoms with Crippen molar-refractivity contribution in [1.82, 2.24) is 0 Å². The van der Waals surface area contributed by atoms with Crippen molar-refractivity contribution in [2.24, 2.45) is 5.41 Å². The normalized spacial score (nSPS) is 11.4. The number of carboxylic acids is 1. The Labute approximate surface area is 122 Å². The summed E-state index contributed by atoms with van der Waals surface area (Å²) in [5.74, 6) is -2.22.